The third kappa shape index (κ3) is 6.60. The minimum Gasteiger partial charge on any atom is -0.497 e. The maximum Gasteiger partial charge on any atom is 0.263 e. The van der Waals surface area contributed by atoms with Crippen LogP contribution in [-0.4, -0.2) is 39.4 Å². The highest BCUT2D eigenvalue weighted by molar-refractivity contribution is 7.92. The van der Waals surface area contributed by atoms with E-state index in [0.717, 1.165) is 12.0 Å². The molecule has 0 aliphatic carbocycles. The zero-order valence-electron chi connectivity index (χ0n) is 21.2. The van der Waals surface area contributed by atoms with E-state index < -0.39 is 10.0 Å². The van der Waals surface area contributed by atoms with Gasteiger partial charge in [0.1, 0.15) is 16.5 Å². The SMILES string of the molecule is COc1cccc(NS(=O)(=O)c2cc(C(=O)N3C[C@H](C)C[C@H](C)C3)ccc2NCc2ccc(F)cc2)c1. The number of nitrogens with zero attached hydrogens (tertiary/aromatic N) is 1. The van der Waals surface area contributed by atoms with Crippen LogP contribution in [0.25, 0.3) is 0 Å². The topological polar surface area (TPSA) is 87.7 Å². The first-order valence-corrected chi connectivity index (χ1v) is 13.7. The van der Waals surface area contributed by atoms with E-state index in [4.69, 9.17) is 4.74 Å². The highest BCUT2D eigenvalue weighted by Gasteiger charge is 2.28. The van der Waals surface area contributed by atoms with E-state index in [1.54, 1.807) is 53.4 Å². The highest BCUT2D eigenvalue weighted by atomic mass is 32.2. The summed E-state index contributed by atoms with van der Waals surface area (Å²) in [4.78, 5) is 15.1. The number of carbonyl (C=O) groups excluding carboxylic acids is 1. The highest BCUT2D eigenvalue weighted by Crippen LogP contribution is 2.29. The second kappa shape index (κ2) is 11.2. The molecule has 7 nitrogen and oxygen atoms in total. The van der Waals surface area contributed by atoms with Crippen LogP contribution in [-0.2, 0) is 16.6 Å². The van der Waals surface area contributed by atoms with Gasteiger partial charge >= 0.3 is 0 Å². The molecule has 3 aromatic rings. The van der Waals surface area contributed by atoms with Crippen LogP contribution in [0.5, 0.6) is 5.75 Å². The molecule has 4 rings (SSSR count). The summed E-state index contributed by atoms with van der Waals surface area (Å²) in [5.41, 5.74) is 1.75. The van der Waals surface area contributed by atoms with Crippen molar-refractivity contribution < 1.29 is 22.3 Å². The molecular weight excluding hydrogens is 493 g/mol. The van der Waals surface area contributed by atoms with Crippen molar-refractivity contribution >= 4 is 27.3 Å². The zero-order chi connectivity index (χ0) is 26.6. The van der Waals surface area contributed by atoms with Gasteiger partial charge in [-0.2, -0.15) is 0 Å². The van der Waals surface area contributed by atoms with Crippen molar-refractivity contribution in [1.29, 1.82) is 0 Å². The number of carbonyl (C=O) groups is 1. The number of sulfonamides is 1. The molecule has 9 heteroatoms. The third-order valence-corrected chi connectivity index (χ3v) is 7.81. The van der Waals surface area contributed by atoms with Gasteiger partial charge in [0.25, 0.3) is 15.9 Å². The lowest BCUT2D eigenvalue weighted by Gasteiger charge is -2.35. The first-order chi connectivity index (χ1) is 17.6. The monoisotopic (exact) mass is 525 g/mol. The Morgan fingerprint density at radius 2 is 1.73 bits per heavy atom. The molecule has 1 saturated heterocycles. The first kappa shape index (κ1) is 26.5. The quantitative estimate of drug-likeness (QED) is 0.413. The van der Waals surface area contributed by atoms with E-state index in [0.29, 0.717) is 47.6 Å². The number of piperidine rings is 1. The molecule has 1 heterocycles. The molecule has 2 atom stereocenters. The number of benzene rings is 3. The fourth-order valence-corrected chi connectivity index (χ4v) is 5.99. The maximum absolute atomic E-state index is 13.6. The van der Waals surface area contributed by atoms with Crippen LogP contribution in [0.2, 0.25) is 0 Å². The Bertz CT molecular complexity index is 1350. The molecule has 0 radical (unpaired) electrons. The lowest BCUT2D eigenvalue weighted by atomic mass is 9.91. The van der Waals surface area contributed by atoms with Crippen molar-refractivity contribution in [2.24, 2.45) is 11.8 Å². The average Bonchev–Trinajstić information content (AvgIpc) is 2.87. The van der Waals surface area contributed by atoms with Crippen LogP contribution in [0.1, 0.15) is 36.2 Å². The Balaban J connectivity index is 1.67. The van der Waals surface area contributed by atoms with Gasteiger partial charge in [-0.3, -0.25) is 9.52 Å². The smallest absolute Gasteiger partial charge is 0.263 e. The predicted molar refractivity (Wildman–Crippen MR) is 143 cm³/mol. The number of methoxy groups -OCH3 is 1. The Kier molecular flexibility index (Phi) is 8.02. The number of hydrogen-bond donors (Lipinski definition) is 2. The summed E-state index contributed by atoms with van der Waals surface area (Å²) in [5.74, 6) is 0.719. The number of ether oxygens (including phenoxy) is 1. The summed E-state index contributed by atoms with van der Waals surface area (Å²) < 4.78 is 48.2. The fourth-order valence-electron chi connectivity index (χ4n) is 4.73. The number of likely N-dealkylation sites (tertiary alicyclic amines) is 1. The van der Waals surface area contributed by atoms with Crippen LogP contribution < -0.4 is 14.8 Å². The van der Waals surface area contributed by atoms with Gasteiger partial charge in [-0.25, -0.2) is 12.8 Å². The molecular formula is C28H32FN3O4S. The molecule has 0 unspecified atom stereocenters. The summed E-state index contributed by atoms with van der Waals surface area (Å²) in [5, 5.41) is 3.13. The summed E-state index contributed by atoms with van der Waals surface area (Å²) in [6.45, 7) is 5.78. The Morgan fingerprint density at radius 3 is 2.41 bits per heavy atom. The summed E-state index contributed by atoms with van der Waals surface area (Å²) in [7, 11) is -2.58. The molecule has 3 aromatic carbocycles. The zero-order valence-corrected chi connectivity index (χ0v) is 22.0. The van der Waals surface area contributed by atoms with Crippen LogP contribution in [0, 0.1) is 17.7 Å². The van der Waals surface area contributed by atoms with Crippen LogP contribution in [0.3, 0.4) is 0 Å². The summed E-state index contributed by atoms with van der Waals surface area (Å²) in [6, 6.07) is 17.2. The minimum absolute atomic E-state index is 0.0543. The average molecular weight is 526 g/mol. The predicted octanol–water partition coefficient (Wildman–Crippen LogP) is 5.37. The van der Waals surface area contributed by atoms with Crippen molar-refractivity contribution in [2.75, 3.05) is 30.2 Å². The first-order valence-electron chi connectivity index (χ1n) is 12.2. The van der Waals surface area contributed by atoms with E-state index in [9.17, 15) is 17.6 Å². The van der Waals surface area contributed by atoms with E-state index in [1.165, 1.54) is 25.3 Å². The number of amides is 1. The van der Waals surface area contributed by atoms with Gasteiger partial charge in [-0.1, -0.05) is 32.0 Å². The number of rotatable bonds is 8. The van der Waals surface area contributed by atoms with E-state index in [-0.39, 0.29) is 23.2 Å². The summed E-state index contributed by atoms with van der Waals surface area (Å²) in [6.07, 6.45) is 1.06. The van der Waals surface area contributed by atoms with Gasteiger partial charge in [-0.15, -0.1) is 0 Å². The Morgan fingerprint density at radius 1 is 1.03 bits per heavy atom. The molecule has 0 bridgehead atoms. The van der Waals surface area contributed by atoms with Gasteiger partial charge in [0.05, 0.1) is 18.5 Å². The molecule has 2 N–H and O–H groups in total. The van der Waals surface area contributed by atoms with Crippen molar-refractivity contribution in [2.45, 2.75) is 31.7 Å². The van der Waals surface area contributed by atoms with Gasteiger partial charge in [-0.05, 0) is 66.3 Å². The minimum atomic E-state index is -4.09. The number of nitrogens with one attached hydrogen (secondary N) is 2. The molecule has 0 aromatic heterocycles. The van der Waals surface area contributed by atoms with Crippen molar-refractivity contribution in [1.82, 2.24) is 4.90 Å². The van der Waals surface area contributed by atoms with Gasteiger partial charge in [0.15, 0.2) is 0 Å². The number of anilines is 2. The number of hydrogen-bond acceptors (Lipinski definition) is 5. The van der Waals surface area contributed by atoms with Crippen LogP contribution in [0.15, 0.2) is 71.6 Å². The van der Waals surface area contributed by atoms with Crippen molar-refractivity contribution in [3.05, 3.63) is 83.7 Å². The Hall–Kier alpha value is -3.59. The fraction of sp³-hybridized carbons (Fsp3) is 0.321. The van der Waals surface area contributed by atoms with Crippen molar-refractivity contribution in [3.8, 4) is 5.75 Å². The molecule has 0 spiro atoms. The third-order valence-electron chi connectivity index (χ3n) is 6.39. The molecule has 1 aliphatic heterocycles. The van der Waals surface area contributed by atoms with E-state index >= 15 is 0 Å². The molecule has 196 valence electrons. The summed E-state index contributed by atoms with van der Waals surface area (Å²) >= 11 is 0. The normalized spacial score (nSPS) is 17.8. The lowest BCUT2D eigenvalue weighted by Crippen LogP contribution is -2.42. The number of halogens is 1. The molecule has 0 saturated carbocycles. The largest absolute Gasteiger partial charge is 0.497 e. The van der Waals surface area contributed by atoms with Crippen LogP contribution in [0.4, 0.5) is 15.8 Å². The maximum atomic E-state index is 13.6. The van der Waals surface area contributed by atoms with E-state index in [1.807, 2.05) is 0 Å². The molecule has 1 fully saturated rings. The van der Waals surface area contributed by atoms with E-state index in [2.05, 4.69) is 23.9 Å². The van der Waals surface area contributed by atoms with Gasteiger partial charge in [0.2, 0.25) is 0 Å². The lowest BCUT2D eigenvalue weighted by molar-refractivity contribution is 0.0623. The standard InChI is InChI=1S/C28H32FN3O4S/c1-19-13-20(2)18-32(17-19)28(33)22-9-12-26(30-16-21-7-10-23(29)11-8-21)27(14-22)37(34,35)31-24-5-4-6-25(15-24)36-3/h4-12,14-15,19-20,30-31H,13,16-18H2,1-3H3/t19-,20+. The molecule has 1 amide bonds. The second-order valence-corrected chi connectivity index (χ2v) is 11.3. The van der Waals surface area contributed by atoms with Crippen LogP contribution >= 0.6 is 0 Å². The van der Waals surface area contributed by atoms with Crippen molar-refractivity contribution in [3.63, 3.8) is 0 Å². The van der Waals surface area contributed by atoms with Gasteiger partial charge in [0, 0.05) is 31.3 Å². The second-order valence-electron chi connectivity index (χ2n) is 9.68. The molecule has 1 aliphatic rings. The Labute approximate surface area is 217 Å². The molecule has 37 heavy (non-hydrogen) atoms. The van der Waals surface area contributed by atoms with Gasteiger partial charge < -0.3 is 15.0 Å².